The molecule has 1 atom stereocenters. The summed E-state index contributed by atoms with van der Waals surface area (Å²) in [6, 6.07) is 6.50. The van der Waals surface area contributed by atoms with Gasteiger partial charge in [0.25, 0.3) is 5.91 Å². The zero-order chi connectivity index (χ0) is 25.7. The quantitative estimate of drug-likeness (QED) is 0.439. The van der Waals surface area contributed by atoms with Crippen LogP contribution in [0.2, 0.25) is 0 Å². The molecule has 12 nitrogen and oxygen atoms in total. The first-order valence-electron chi connectivity index (χ1n) is 12.2. The molecule has 0 bridgehead atoms. The predicted molar refractivity (Wildman–Crippen MR) is 129 cm³/mol. The van der Waals surface area contributed by atoms with Crippen LogP contribution in [0.5, 0.6) is 0 Å². The lowest BCUT2D eigenvalue weighted by molar-refractivity contribution is -0.135. The van der Waals surface area contributed by atoms with E-state index in [0.717, 1.165) is 5.69 Å². The summed E-state index contributed by atoms with van der Waals surface area (Å²) in [5, 5.41) is 4.95. The highest BCUT2D eigenvalue weighted by Gasteiger charge is 2.29. The largest absolute Gasteiger partial charge is 0.446 e. The van der Waals surface area contributed by atoms with Crippen molar-refractivity contribution in [1.82, 2.24) is 20.4 Å². The number of hydrogen-bond acceptors (Lipinski definition) is 8. The Morgan fingerprint density at radius 3 is 2.42 bits per heavy atom. The molecule has 36 heavy (non-hydrogen) atoms. The number of hydrogen-bond donors (Lipinski definition) is 3. The van der Waals surface area contributed by atoms with Crippen molar-refractivity contribution in [2.45, 2.75) is 37.8 Å². The van der Waals surface area contributed by atoms with Gasteiger partial charge in [0.1, 0.15) is 12.1 Å². The van der Waals surface area contributed by atoms with Crippen LogP contribution in [0.3, 0.4) is 0 Å². The van der Waals surface area contributed by atoms with Crippen molar-refractivity contribution >= 4 is 35.4 Å². The van der Waals surface area contributed by atoms with E-state index < -0.39 is 18.0 Å². The molecular formula is C24H32N6O6. The topological polar surface area (TPSA) is 154 Å². The van der Waals surface area contributed by atoms with Gasteiger partial charge in [-0.05, 0) is 24.6 Å². The number of carbonyl (C=O) groups is 5. The molecule has 0 radical (unpaired) electrons. The number of anilines is 1. The molecule has 0 saturated carbocycles. The van der Waals surface area contributed by atoms with E-state index >= 15 is 0 Å². The van der Waals surface area contributed by atoms with Crippen molar-refractivity contribution in [3.05, 3.63) is 29.8 Å². The van der Waals surface area contributed by atoms with Gasteiger partial charge in [-0.25, -0.2) is 4.79 Å². The molecule has 1 aromatic rings. The van der Waals surface area contributed by atoms with Gasteiger partial charge in [0.05, 0.1) is 6.54 Å². The maximum atomic E-state index is 12.7. The van der Waals surface area contributed by atoms with Crippen LogP contribution in [0, 0.1) is 0 Å². The van der Waals surface area contributed by atoms with Crippen molar-refractivity contribution in [2.24, 2.45) is 5.73 Å². The summed E-state index contributed by atoms with van der Waals surface area (Å²) in [5.74, 6) is -1.11. The van der Waals surface area contributed by atoms with Gasteiger partial charge < -0.3 is 25.6 Å². The fourth-order valence-electron chi connectivity index (χ4n) is 4.76. The van der Waals surface area contributed by atoms with Crippen molar-refractivity contribution in [1.29, 1.82) is 0 Å². The minimum atomic E-state index is -0.780. The Hall–Kier alpha value is -3.67. The normalized spacial score (nSPS) is 21.6. The Kier molecular flexibility index (Phi) is 8.04. The van der Waals surface area contributed by atoms with Crippen molar-refractivity contribution in [3.8, 4) is 0 Å². The van der Waals surface area contributed by atoms with Gasteiger partial charge in [0.15, 0.2) is 0 Å². The van der Waals surface area contributed by atoms with E-state index in [0.29, 0.717) is 64.2 Å². The summed E-state index contributed by atoms with van der Waals surface area (Å²) >= 11 is 0. The smallest absolute Gasteiger partial charge is 0.404 e. The van der Waals surface area contributed by atoms with E-state index in [-0.39, 0.29) is 36.7 Å². The van der Waals surface area contributed by atoms with Crippen LogP contribution in [-0.4, -0.2) is 97.5 Å². The van der Waals surface area contributed by atoms with Gasteiger partial charge in [-0.15, -0.1) is 0 Å². The van der Waals surface area contributed by atoms with E-state index in [1.54, 1.807) is 23.1 Å². The Morgan fingerprint density at radius 2 is 1.75 bits per heavy atom. The molecule has 4 N–H and O–H groups in total. The Bertz CT molecular complexity index is 1020. The first kappa shape index (κ1) is 25.4. The van der Waals surface area contributed by atoms with Gasteiger partial charge in [0, 0.05) is 69.8 Å². The lowest BCUT2D eigenvalue weighted by Gasteiger charge is -2.37. The highest BCUT2D eigenvalue weighted by atomic mass is 16.6. The third kappa shape index (κ3) is 6.51. The summed E-state index contributed by atoms with van der Waals surface area (Å²) in [7, 11) is 0. The van der Waals surface area contributed by atoms with Gasteiger partial charge >= 0.3 is 6.09 Å². The minimum Gasteiger partial charge on any atom is -0.446 e. The molecule has 1 aromatic carbocycles. The number of piperazine rings is 1. The number of piperidine rings is 2. The average Bonchev–Trinajstić information content (AvgIpc) is 2.86. The second kappa shape index (κ2) is 11.4. The lowest BCUT2D eigenvalue weighted by atomic mass is 10.1. The summed E-state index contributed by atoms with van der Waals surface area (Å²) < 4.78 is 5.02. The fraction of sp³-hybridized carbons (Fsp3) is 0.542. The average molecular weight is 501 g/mol. The monoisotopic (exact) mass is 500 g/mol. The number of nitrogens with two attached hydrogens (primary N) is 1. The van der Waals surface area contributed by atoms with Crippen LogP contribution in [0.1, 0.15) is 36.0 Å². The number of nitrogens with one attached hydrogen (secondary N) is 2. The lowest BCUT2D eigenvalue weighted by Crippen LogP contribution is -2.52. The number of benzene rings is 1. The highest BCUT2D eigenvalue weighted by Crippen LogP contribution is 2.19. The second-order valence-corrected chi connectivity index (χ2v) is 9.31. The number of carbonyl (C=O) groups excluding carboxylic acids is 5. The first-order valence-corrected chi connectivity index (χ1v) is 12.2. The van der Waals surface area contributed by atoms with Gasteiger partial charge in [-0.2, -0.15) is 0 Å². The highest BCUT2D eigenvalue weighted by molar-refractivity contribution is 6.04. The van der Waals surface area contributed by atoms with E-state index in [1.165, 1.54) is 0 Å². The number of rotatable bonds is 6. The zero-order valence-corrected chi connectivity index (χ0v) is 20.1. The number of amides is 5. The van der Waals surface area contributed by atoms with Crippen molar-refractivity contribution in [2.75, 3.05) is 50.7 Å². The second-order valence-electron chi connectivity index (χ2n) is 9.31. The van der Waals surface area contributed by atoms with E-state index in [9.17, 15) is 24.0 Å². The molecule has 1 unspecified atom stereocenters. The molecule has 12 heteroatoms. The molecule has 5 amide bonds. The molecule has 3 heterocycles. The molecule has 3 aliphatic rings. The third-order valence-electron chi connectivity index (χ3n) is 6.83. The van der Waals surface area contributed by atoms with E-state index in [2.05, 4.69) is 20.4 Å². The molecule has 194 valence electrons. The van der Waals surface area contributed by atoms with Gasteiger partial charge in [0.2, 0.25) is 17.7 Å². The maximum Gasteiger partial charge on any atom is 0.404 e. The summed E-state index contributed by atoms with van der Waals surface area (Å²) in [6.45, 7) is 4.26. The number of ether oxygens (including phenoxy) is 1. The van der Waals surface area contributed by atoms with Gasteiger partial charge in [-0.1, -0.05) is 6.07 Å². The van der Waals surface area contributed by atoms with Crippen LogP contribution in [0.25, 0.3) is 0 Å². The molecule has 4 rings (SSSR count). The van der Waals surface area contributed by atoms with E-state index in [4.69, 9.17) is 10.5 Å². The zero-order valence-electron chi connectivity index (χ0n) is 20.1. The van der Waals surface area contributed by atoms with Crippen molar-refractivity contribution < 1.29 is 28.7 Å². The molecule has 0 aliphatic carbocycles. The Balaban J connectivity index is 1.24. The number of primary amides is 1. The molecule has 3 fully saturated rings. The van der Waals surface area contributed by atoms with Crippen LogP contribution in [-0.2, 0) is 19.1 Å². The van der Waals surface area contributed by atoms with Crippen LogP contribution in [0.4, 0.5) is 10.5 Å². The van der Waals surface area contributed by atoms with Crippen LogP contribution < -0.4 is 21.3 Å². The SMILES string of the molecule is NC(=O)OC1CCN(C(=O)CN2CCN(c3cccc(C(=O)NC4CCC(=O)NC4=O)c3)CC2)CC1. The van der Waals surface area contributed by atoms with Gasteiger partial charge in [-0.3, -0.25) is 29.4 Å². The standard InChI is InChI=1S/C24H32N6O6/c25-24(35)36-18-6-8-30(9-7-18)21(32)15-28-10-12-29(13-11-28)17-3-1-2-16(14-17)22(33)26-19-4-5-20(31)27-23(19)34/h1-3,14,18-19H,4-13,15H2,(H2,25,35)(H,26,33)(H,27,31,34). The van der Waals surface area contributed by atoms with Crippen LogP contribution >= 0.6 is 0 Å². The first-order chi connectivity index (χ1) is 17.3. The third-order valence-corrected chi connectivity index (χ3v) is 6.83. The summed E-state index contributed by atoms with van der Waals surface area (Å²) in [6.07, 6.45) is 0.669. The number of likely N-dealkylation sites (tertiary alicyclic amines) is 1. The molecule has 0 aromatic heterocycles. The Morgan fingerprint density at radius 1 is 1.03 bits per heavy atom. The summed E-state index contributed by atoms with van der Waals surface area (Å²) in [4.78, 5) is 65.6. The van der Waals surface area contributed by atoms with Crippen LogP contribution in [0.15, 0.2) is 24.3 Å². The molecule has 3 saturated heterocycles. The fourth-order valence-corrected chi connectivity index (χ4v) is 4.76. The van der Waals surface area contributed by atoms with E-state index in [1.807, 2.05) is 6.07 Å². The maximum absolute atomic E-state index is 12.7. The number of nitrogens with zero attached hydrogens (tertiary/aromatic N) is 3. The molecule has 3 aliphatic heterocycles. The Labute approximate surface area is 209 Å². The molecular weight excluding hydrogens is 468 g/mol. The number of imide groups is 1. The predicted octanol–water partition coefficient (Wildman–Crippen LogP) is -0.570. The van der Waals surface area contributed by atoms with Crippen molar-refractivity contribution in [3.63, 3.8) is 0 Å². The minimum absolute atomic E-state index is 0.0630. The summed E-state index contributed by atoms with van der Waals surface area (Å²) in [5.41, 5.74) is 6.41. The molecule has 0 spiro atoms.